The zero-order valence-corrected chi connectivity index (χ0v) is 14.9. The molecule has 1 saturated carbocycles. The predicted molar refractivity (Wildman–Crippen MR) is 90.1 cm³/mol. The Kier molecular flexibility index (Phi) is 5.10. The number of nitrogens with zero attached hydrogens (tertiary/aromatic N) is 2. The molecule has 1 aliphatic carbocycles. The molecule has 1 saturated heterocycles. The molecule has 1 aliphatic heterocycles. The second-order valence-electron chi connectivity index (χ2n) is 6.40. The van der Waals surface area contributed by atoms with Gasteiger partial charge in [-0.15, -0.1) is 0 Å². The number of piperazine rings is 1. The molecule has 2 aliphatic rings. The fourth-order valence-corrected chi connectivity index (χ4v) is 4.23. The second kappa shape index (κ2) is 7.13. The molecule has 136 valence electrons. The van der Waals surface area contributed by atoms with E-state index in [-0.39, 0.29) is 48.9 Å². The van der Waals surface area contributed by atoms with E-state index in [4.69, 9.17) is 4.74 Å². The second-order valence-corrected chi connectivity index (χ2v) is 8.33. The number of carbonyl (C=O) groups is 2. The van der Waals surface area contributed by atoms with Crippen LogP contribution in [-0.4, -0.2) is 61.8 Å². The quantitative estimate of drug-likeness (QED) is 0.722. The number of carbonyl (C=O) groups excluding carboxylic acids is 2. The Labute approximate surface area is 147 Å². The Bertz CT molecular complexity index is 738. The Morgan fingerprint density at radius 1 is 1.08 bits per heavy atom. The van der Waals surface area contributed by atoms with Crippen LogP contribution < -0.4 is 0 Å². The van der Waals surface area contributed by atoms with E-state index in [1.807, 2.05) is 0 Å². The van der Waals surface area contributed by atoms with Crippen molar-refractivity contribution in [2.45, 2.75) is 30.8 Å². The van der Waals surface area contributed by atoms with Crippen LogP contribution in [0.2, 0.25) is 0 Å². The van der Waals surface area contributed by atoms with Gasteiger partial charge in [0.15, 0.2) is 6.10 Å². The van der Waals surface area contributed by atoms with Crippen molar-refractivity contribution >= 4 is 21.9 Å². The predicted octanol–water partition coefficient (Wildman–Crippen LogP) is 0.861. The van der Waals surface area contributed by atoms with Gasteiger partial charge in [0.05, 0.1) is 10.8 Å². The summed E-state index contributed by atoms with van der Waals surface area (Å²) in [5.41, 5.74) is 0. The van der Waals surface area contributed by atoms with Crippen LogP contribution in [0.4, 0.5) is 0 Å². The van der Waals surface area contributed by atoms with E-state index in [9.17, 15) is 18.0 Å². The summed E-state index contributed by atoms with van der Waals surface area (Å²) in [6.45, 7) is 2.60. The highest BCUT2D eigenvalue weighted by atomic mass is 32.2. The molecule has 7 nitrogen and oxygen atoms in total. The molecule has 2 fully saturated rings. The molecule has 1 aromatic carbocycles. The molecule has 0 radical (unpaired) electrons. The smallest absolute Gasteiger partial charge is 0.309 e. The summed E-state index contributed by atoms with van der Waals surface area (Å²) in [6, 6.07) is 8.25. The minimum Gasteiger partial charge on any atom is -0.452 e. The number of esters is 1. The van der Waals surface area contributed by atoms with Crippen LogP contribution in [0.1, 0.15) is 19.8 Å². The van der Waals surface area contributed by atoms with Crippen LogP contribution in [0.5, 0.6) is 0 Å². The SMILES string of the molecule is C[C@H](OC(=O)C1CC1)C(=O)N1CCN(S(=O)(=O)c2ccccc2)CC1. The van der Waals surface area contributed by atoms with Crippen molar-refractivity contribution in [1.82, 2.24) is 9.21 Å². The van der Waals surface area contributed by atoms with Gasteiger partial charge in [0, 0.05) is 26.2 Å². The average Bonchev–Trinajstić information content (AvgIpc) is 3.47. The first kappa shape index (κ1) is 17.9. The topological polar surface area (TPSA) is 84.0 Å². The summed E-state index contributed by atoms with van der Waals surface area (Å²) in [5, 5.41) is 0. The van der Waals surface area contributed by atoms with Crippen LogP contribution >= 0.6 is 0 Å². The minimum absolute atomic E-state index is 0.0527. The van der Waals surface area contributed by atoms with Crippen molar-refractivity contribution in [1.29, 1.82) is 0 Å². The lowest BCUT2D eigenvalue weighted by Gasteiger charge is -2.35. The van der Waals surface area contributed by atoms with E-state index in [1.54, 1.807) is 42.2 Å². The highest BCUT2D eigenvalue weighted by molar-refractivity contribution is 7.89. The molecule has 0 aromatic heterocycles. The molecule has 0 bridgehead atoms. The molecule has 0 unspecified atom stereocenters. The Hall–Kier alpha value is -1.93. The fraction of sp³-hybridized carbons (Fsp3) is 0.529. The summed E-state index contributed by atoms with van der Waals surface area (Å²) < 4.78 is 31.7. The first-order chi connectivity index (χ1) is 11.9. The number of amides is 1. The van der Waals surface area contributed by atoms with E-state index in [0.29, 0.717) is 0 Å². The normalized spacial score (nSPS) is 20.1. The molecule has 3 rings (SSSR count). The molecule has 1 aromatic rings. The van der Waals surface area contributed by atoms with E-state index in [1.165, 1.54) is 4.31 Å². The molecule has 25 heavy (non-hydrogen) atoms. The summed E-state index contributed by atoms with van der Waals surface area (Å²) in [7, 11) is -3.54. The van der Waals surface area contributed by atoms with Crippen molar-refractivity contribution < 1.29 is 22.7 Å². The lowest BCUT2D eigenvalue weighted by atomic mass is 10.3. The largest absolute Gasteiger partial charge is 0.452 e. The van der Waals surface area contributed by atoms with Gasteiger partial charge in [-0.3, -0.25) is 9.59 Å². The summed E-state index contributed by atoms with van der Waals surface area (Å²) in [4.78, 5) is 25.9. The maximum absolute atomic E-state index is 12.6. The fourth-order valence-electron chi connectivity index (χ4n) is 2.79. The van der Waals surface area contributed by atoms with E-state index in [2.05, 4.69) is 0 Å². The number of sulfonamides is 1. The number of benzene rings is 1. The Balaban J connectivity index is 1.56. The zero-order valence-electron chi connectivity index (χ0n) is 14.1. The number of ether oxygens (including phenoxy) is 1. The van der Waals surface area contributed by atoms with E-state index < -0.39 is 16.1 Å². The third-order valence-corrected chi connectivity index (χ3v) is 6.40. The van der Waals surface area contributed by atoms with Crippen LogP contribution in [0.15, 0.2) is 35.2 Å². The molecule has 1 amide bonds. The van der Waals surface area contributed by atoms with Gasteiger partial charge in [-0.2, -0.15) is 4.31 Å². The van der Waals surface area contributed by atoms with Crippen molar-refractivity contribution in [2.24, 2.45) is 5.92 Å². The van der Waals surface area contributed by atoms with Crippen LogP contribution in [0.3, 0.4) is 0 Å². The van der Waals surface area contributed by atoms with Crippen LogP contribution in [0, 0.1) is 5.92 Å². The molecule has 0 N–H and O–H groups in total. The van der Waals surface area contributed by atoms with Gasteiger partial charge >= 0.3 is 5.97 Å². The molecular formula is C17H22N2O5S. The van der Waals surface area contributed by atoms with Crippen LogP contribution in [0.25, 0.3) is 0 Å². The lowest BCUT2D eigenvalue weighted by Crippen LogP contribution is -2.52. The Morgan fingerprint density at radius 3 is 2.24 bits per heavy atom. The summed E-state index contributed by atoms with van der Waals surface area (Å²) in [6.07, 6.45) is 0.830. The number of rotatable bonds is 5. The zero-order chi connectivity index (χ0) is 18.0. The van der Waals surface area contributed by atoms with Crippen molar-refractivity contribution in [3.63, 3.8) is 0 Å². The first-order valence-corrected chi connectivity index (χ1v) is 9.88. The van der Waals surface area contributed by atoms with E-state index >= 15 is 0 Å². The third kappa shape index (κ3) is 4.01. The number of hydrogen-bond donors (Lipinski definition) is 0. The maximum Gasteiger partial charge on any atom is 0.309 e. The third-order valence-electron chi connectivity index (χ3n) is 4.48. The molecule has 1 atom stereocenters. The van der Waals surface area contributed by atoms with Gasteiger partial charge in [-0.1, -0.05) is 18.2 Å². The van der Waals surface area contributed by atoms with Crippen LogP contribution in [-0.2, 0) is 24.3 Å². The van der Waals surface area contributed by atoms with Gasteiger partial charge < -0.3 is 9.64 Å². The van der Waals surface area contributed by atoms with Crippen molar-refractivity contribution in [3.8, 4) is 0 Å². The highest BCUT2D eigenvalue weighted by Gasteiger charge is 2.36. The summed E-state index contributed by atoms with van der Waals surface area (Å²) >= 11 is 0. The average molecular weight is 366 g/mol. The summed E-state index contributed by atoms with van der Waals surface area (Å²) in [5.74, 6) is -0.639. The van der Waals surface area contributed by atoms with Crippen molar-refractivity contribution in [3.05, 3.63) is 30.3 Å². The van der Waals surface area contributed by atoms with Gasteiger partial charge in [-0.25, -0.2) is 8.42 Å². The maximum atomic E-state index is 12.6. The lowest BCUT2D eigenvalue weighted by molar-refractivity contribution is -0.160. The highest BCUT2D eigenvalue weighted by Crippen LogP contribution is 2.30. The van der Waals surface area contributed by atoms with Gasteiger partial charge in [0.2, 0.25) is 10.0 Å². The minimum atomic E-state index is -3.54. The molecule has 8 heteroatoms. The van der Waals surface area contributed by atoms with E-state index in [0.717, 1.165) is 12.8 Å². The number of hydrogen-bond acceptors (Lipinski definition) is 5. The first-order valence-electron chi connectivity index (χ1n) is 8.44. The van der Waals surface area contributed by atoms with Gasteiger partial charge in [-0.05, 0) is 31.9 Å². The Morgan fingerprint density at radius 2 is 1.68 bits per heavy atom. The standard InChI is InChI=1S/C17H22N2O5S/c1-13(24-17(21)14-7-8-14)16(20)18-9-11-19(12-10-18)25(22,23)15-5-3-2-4-6-15/h2-6,13-14H,7-12H2,1H3/t13-/m0/s1. The molecule has 0 spiro atoms. The van der Waals surface area contributed by atoms with Gasteiger partial charge in [0.1, 0.15) is 0 Å². The van der Waals surface area contributed by atoms with Gasteiger partial charge in [0.25, 0.3) is 5.91 Å². The monoisotopic (exact) mass is 366 g/mol. The molecule has 1 heterocycles. The molecular weight excluding hydrogens is 344 g/mol. The van der Waals surface area contributed by atoms with Crippen molar-refractivity contribution in [2.75, 3.05) is 26.2 Å².